The normalized spacial score (nSPS) is 12.2. The largest absolute Gasteiger partial charge is 0.452 e. The summed E-state index contributed by atoms with van der Waals surface area (Å²) in [5.74, 6) is -0.694. The van der Waals surface area contributed by atoms with Crippen LogP contribution in [0.15, 0.2) is 41.0 Å². The lowest BCUT2D eigenvalue weighted by atomic mass is 10.1. The molecule has 0 saturated carbocycles. The van der Waals surface area contributed by atoms with Crippen molar-refractivity contribution >= 4 is 17.5 Å². The van der Waals surface area contributed by atoms with Gasteiger partial charge in [-0.2, -0.15) is 0 Å². The molecule has 0 aliphatic rings. The molecule has 5 heteroatoms. The number of benzene rings is 1. The molecular formula is C13H11ClFNO2. The van der Waals surface area contributed by atoms with E-state index in [1.807, 2.05) is 0 Å². The third kappa shape index (κ3) is 2.71. The number of carbonyl (C=O) groups excluding carboxylic acids is 1. The first-order valence-electron chi connectivity index (χ1n) is 5.37. The summed E-state index contributed by atoms with van der Waals surface area (Å²) < 4.78 is 17.9. The lowest BCUT2D eigenvalue weighted by Crippen LogP contribution is -2.26. The predicted octanol–water partition coefficient (Wildman–Crippen LogP) is 3.56. The van der Waals surface area contributed by atoms with Gasteiger partial charge in [0.05, 0.1) is 17.9 Å². The summed E-state index contributed by atoms with van der Waals surface area (Å²) in [4.78, 5) is 11.8. The SMILES string of the molecule is CC(NC(=O)c1ccoc1Cl)c1cccc(F)c1. The lowest BCUT2D eigenvalue weighted by Gasteiger charge is -2.13. The standard InChI is InChI=1S/C13H11ClFNO2/c1-8(9-3-2-4-10(15)7-9)16-13(17)11-5-6-18-12(11)14/h2-8H,1H3,(H,16,17). The van der Waals surface area contributed by atoms with Crippen LogP contribution in [-0.2, 0) is 0 Å². The molecule has 94 valence electrons. The van der Waals surface area contributed by atoms with E-state index in [1.54, 1.807) is 19.1 Å². The monoisotopic (exact) mass is 267 g/mol. The molecule has 1 aromatic heterocycles. The van der Waals surface area contributed by atoms with Gasteiger partial charge in [0.15, 0.2) is 0 Å². The number of amides is 1. The van der Waals surface area contributed by atoms with Crippen molar-refractivity contribution in [1.82, 2.24) is 5.32 Å². The molecule has 1 heterocycles. The van der Waals surface area contributed by atoms with Crippen LogP contribution in [0.3, 0.4) is 0 Å². The van der Waals surface area contributed by atoms with Crippen molar-refractivity contribution in [3.63, 3.8) is 0 Å². The summed E-state index contributed by atoms with van der Waals surface area (Å²) in [5, 5.41) is 2.76. The van der Waals surface area contributed by atoms with Crippen LogP contribution >= 0.6 is 11.6 Å². The van der Waals surface area contributed by atoms with Gasteiger partial charge in [-0.3, -0.25) is 4.79 Å². The van der Waals surface area contributed by atoms with E-state index in [4.69, 9.17) is 16.0 Å². The van der Waals surface area contributed by atoms with Crippen LogP contribution < -0.4 is 5.32 Å². The summed E-state index contributed by atoms with van der Waals surface area (Å²) in [7, 11) is 0. The Morgan fingerprint density at radius 1 is 1.44 bits per heavy atom. The first kappa shape index (κ1) is 12.6. The number of rotatable bonds is 3. The van der Waals surface area contributed by atoms with Gasteiger partial charge in [0, 0.05) is 0 Å². The molecule has 0 fully saturated rings. The van der Waals surface area contributed by atoms with Gasteiger partial charge >= 0.3 is 0 Å². The molecular weight excluding hydrogens is 257 g/mol. The summed E-state index contributed by atoms with van der Waals surface area (Å²) in [6.07, 6.45) is 1.34. The lowest BCUT2D eigenvalue weighted by molar-refractivity contribution is 0.0939. The molecule has 0 spiro atoms. The number of hydrogen-bond donors (Lipinski definition) is 1. The molecule has 0 aliphatic heterocycles. The second-order valence-electron chi connectivity index (χ2n) is 3.86. The Hall–Kier alpha value is -1.81. The number of halogens is 2. The molecule has 18 heavy (non-hydrogen) atoms. The number of nitrogens with one attached hydrogen (secondary N) is 1. The van der Waals surface area contributed by atoms with Crippen LogP contribution in [0, 0.1) is 5.82 Å². The molecule has 2 aromatic rings. The van der Waals surface area contributed by atoms with Crippen LogP contribution in [0.4, 0.5) is 4.39 Å². The van der Waals surface area contributed by atoms with Crippen LogP contribution in [0.2, 0.25) is 5.22 Å². The molecule has 0 aliphatic carbocycles. The summed E-state index contributed by atoms with van der Waals surface area (Å²) in [5.41, 5.74) is 0.947. The van der Waals surface area contributed by atoms with Gasteiger partial charge in [-0.25, -0.2) is 4.39 Å². The van der Waals surface area contributed by atoms with Crippen LogP contribution in [-0.4, -0.2) is 5.91 Å². The maximum absolute atomic E-state index is 13.1. The van der Waals surface area contributed by atoms with E-state index in [0.717, 1.165) is 0 Å². The highest BCUT2D eigenvalue weighted by Crippen LogP contribution is 2.19. The first-order chi connectivity index (χ1) is 8.58. The highest BCUT2D eigenvalue weighted by atomic mass is 35.5. The average molecular weight is 268 g/mol. The van der Waals surface area contributed by atoms with Gasteiger partial charge in [-0.05, 0) is 42.3 Å². The highest BCUT2D eigenvalue weighted by molar-refractivity contribution is 6.32. The van der Waals surface area contributed by atoms with E-state index < -0.39 is 0 Å². The molecule has 3 nitrogen and oxygen atoms in total. The van der Waals surface area contributed by atoms with Crippen LogP contribution in [0.5, 0.6) is 0 Å². The van der Waals surface area contributed by atoms with E-state index in [2.05, 4.69) is 5.32 Å². The highest BCUT2D eigenvalue weighted by Gasteiger charge is 2.16. The van der Waals surface area contributed by atoms with Crippen molar-refractivity contribution < 1.29 is 13.6 Å². The molecule has 1 amide bonds. The van der Waals surface area contributed by atoms with Crippen molar-refractivity contribution in [2.75, 3.05) is 0 Å². The third-order valence-electron chi connectivity index (χ3n) is 2.56. The van der Waals surface area contributed by atoms with Crippen molar-refractivity contribution in [3.05, 3.63) is 58.8 Å². The first-order valence-corrected chi connectivity index (χ1v) is 5.75. The molecule has 1 unspecified atom stereocenters. The van der Waals surface area contributed by atoms with Gasteiger partial charge in [0.25, 0.3) is 5.91 Å². The summed E-state index contributed by atoms with van der Waals surface area (Å²) in [6, 6.07) is 7.23. The Morgan fingerprint density at radius 3 is 2.83 bits per heavy atom. The second-order valence-corrected chi connectivity index (χ2v) is 4.20. The van der Waals surface area contributed by atoms with Gasteiger partial charge in [-0.1, -0.05) is 12.1 Å². The quantitative estimate of drug-likeness (QED) is 0.924. The topological polar surface area (TPSA) is 42.2 Å². The maximum atomic E-state index is 13.1. The Labute approximate surface area is 109 Å². The summed E-state index contributed by atoms with van der Waals surface area (Å²) >= 11 is 5.70. The number of hydrogen-bond acceptors (Lipinski definition) is 2. The Balaban J connectivity index is 2.10. The predicted molar refractivity (Wildman–Crippen MR) is 66.0 cm³/mol. The van der Waals surface area contributed by atoms with Gasteiger partial charge in [0.1, 0.15) is 5.82 Å². The van der Waals surface area contributed by atoms with Crippen molar-refractivity contribution in [2.24, 2.45) is 0 Å². The second kappa shape index (κ2) is 5.23. The number of furan rings is 1. The Kier molecular flexibility index (Phi) is 3.67. The molecule has 0 radical (unpaired) electrons. The van der Waals surface area contributed by atoms with Crippen molar-refractivity contribution in [3.8, 4) is 0 Å². The zero-order chi connectivity index (χ0) is 13.1. The van der Waals surface area contributed by atoms with E-state index in [1.165, 1.54) is 24.5 Å². The zero-order valence-electron chi connectivity index (χ0n) is 9.61. The average Bonchev–Trinajstić information content (AvgIpc) is 2.75. The minimum atomic E-state index is -0.356. The Bertz CT molecular complexity index is 568. The van der Waals surface area contributed by atoms with E-state index in [9.17, 15) is 9.18 Å². The molecule has 1 aromatic carbocycles. The van der Waals surface area contributed by atoms with Crippen LogP contribution in [0.1, 0.15) is 28.9 Å². The maximum Gasteiger partial charge on any atom is 0.256 e. The van der Waals surface area contributed by atoms with Crippen LogP contribution in [0.25, 0.3) is 0 Å². The Morgan fingerprint density at radius 2 is 2.22 bits per heavy atom. The molecule has 0 saturated heterocycles. The molecule has 0 bridgehead atoms. The fourth-order valence-corrected chi connectivity index (χ4v) is 1.79. The van der Waals surface area contributed by atoms with E-state index >= 15 is 0 Å². The van der Waals surface area contributed by atoms with Gasteiger partial charge in [0.2, 0.25) is 5.22 Å². The minimum absolute atomic E-state index is 0.0407. The summed E-state index contributed by atoms with van der Waals surface area (Å²) in [6.45, 7) is 1.76. The van der Waals surface area contributed by atoms with Crippen molar-refractivity contribution in [1.29, 1.82) is 0 Å². The smallest absolute Gasteiger partial charge is 0.256 e. The minimum Gasteiger partial charge on any atom is -0.452 e. The van der Waals surface area contributed by atoms with E-state index in [-0.39, 0.29) is 28.5 Å². The fraction of sp³-hybridized carbons (Fsp3) is 0.154. The molecule has 1 atom stereocenters. The fourth-order valence-electron chi connectivity index (χ4n) is 1.59. The molecule has 2 rings (SSSR count). The van der Waals surface area contributed by atoms with Gasteiger partial charge in [-0.15, -0.1) is 0 Å². The van der Waals surface area contributed by atoms with Gasteiger partial charge < -0.3 is 9.73 Å². The number of carbonyl (C=O) groups is 1. The zero-order valence-corrected chi connectivity index (χ0v) is 10.4. The molecule has 1 N–H and O–H groups in total. The van der Waals surface area contributed by atoms with E-state index in [0.29, 0.717) is 5.56 Å². The third-order valence-corrected chi connectivity index (χ3v) is 2.85. The van der Waals surface area contributed by atoms with Crippen molar-refractivity contribution in [2.45, 2.75) is 13.0 Å².